The van der Waals surface area contributed by atoms with Gasteiger partial charge in [-0.2, -0.15) is 10.1 Å². The minimum absolute atomic E-state index is 0.0127. The summed E-state index contributed by atoms with van der Waals surface area (Å²) in [5, 5.41) is 11.7. The summed E-state index contributed by atoms with van der Waals surface area (Å²) >= 11 is 0. The molecule has 1 fully saturated rings. The van der Waals surface area contributed by atoms with Gasteiger partial charge in [0.2, 0.25) is 11.8 Å². The van der Waals surface area contributed by atoms with Crippen LogP contribution in [0.25, 0.3) is 0 Å². The summed E-state index contributed by atoms with van der Waals surface area (Å²) in [5.74, 6) is 1.26. The molecule has 0 radical (unpaired) electrons. The molecule has 8 nitrogen and oxygen atoms in total. The van der Waals surface area contributed by atoms with E-state index in [-0.39, 0.29) is 18.0 Å². The van der Waals surface area contributed by atoms with Gasteiger partial charge in [-0.1, -0.05) is 5.16 Å². The van der Waals surface area contributed by atoms with Crippen molar-refractivity contribution < 1.29 is 9.32 Å². The normalized spacial score (nSPS) is 21.4. The van der Waals surface area contributed by atoms with Gasteiger partial charge in [-0.25, -0.2) is 0 Å². The van der Waals surface area contributed by atoms with Gasteiger partial charge in [-0.3, -0.25) is 9.48 Å². The lowest BCUT2D eigenvalue weighted by atomic mass is 9.98. The molecule has 8 heteroatoms. The maximum atomic E-state index is 12.2. The number of likely N-dealkylation sites (tertiary alicyclic amines) is 1. The molecule has 0 saturated carbocycles. The van der Waals surface area contributed by atoms with Crippen LogP contribution >= 0.6 is 0 Å². The molecule has 3 rings (SSSR count). The van der Waals surface area contributed by atoms with Gasteiger partial charge in [-0.15, -0.1) is 0 Å². The highest BCUT2D eigenvalue weighted by molar-refractivity contribution is 5.80. The average Bonchev–Trinajstić information content (AvgIpc) is 3.10. The molecule has 23 heavy (non-hydrogen) atoms. The van der Waals surface area contributed by atoms with E-state index in [9.17, 15) is 4.79 Å². The zero-order valence-corrected chi connectivity index (χ0v) is 14.1. The maximum Gasteiger partial charge on any atom is 0.240 e. The molecule has 3 heterocycles. The zero-order chi connectivity index (χ0) is 16.7. The Balaban J connectivity index is 1.84. The maximum absolute atomic E-state index is 12.2. The van der Waals surface area contributed by atoms with Crippen molar-refractivity contribution in [3.8, 4) is 0 Å². The number of hydrogen-bond acceptors (Lipinski definition) is 6. The monoisotopic (exact) mass is 318 g/mol. The number of aryl methyl sites for hydroxylation is 3. The molecule has 1 N–H and O–H groups in total. The number of nitrogens with zero attached hydrogens (tertiary/aromatic N) is 5. The SMILES string of the molecule is Cc1noc(CN[C@@H]2CC(=O)N(C)[C@H]2c2c(C)nn(C)c2C)n1. The number of aromatic nitrogens is 4. The van der Waals surface area contributed by atoms with Crippen molar-refractivity contribution in [3.05, 3.63) is 28.7 Å². The van der Waals surface area contributed by atoms with Gasteiger partial charge in [0.05, 0.1) is 18.3 Å². The Hall–Kier alpha value is -2.22. The van der Waals surface area contributed by atoms with E-state index in [1.54, 1.807) is 11.8 Å². The molecule has 1 saturated heterocycles. The van der Waals surface area contributed by atoms with Gasteiger partial charge in [-0.05, 0) is 20.8 Å². The molecule has 2 aromatic rings. The second-order valence-corrected chi connectivity index (χ2v) is 6.08. The first-order valence-corrected chi connectivity index (χ1v) is 7.66. The molecule has 2 atom stereocenters. The van der Waals surface area contributed by atoms with Crippen LogP contribution < -0.4 is 5.32 Å². The van der Waals surface area contributed by atoms with E-state index in [1.165, 1.54) is 0 Å². The van der Waals surface area contributed by atoms with Gasteiger partial charge in [0.25, 0.3) is 0 Å². The number of carbonyl (C=O) groups excluding carboxylic acids is 1. The van der Waals surface area contributed by atoms with Gasteiger partial charge in [0, 0.05) is 37.8 Å². The predicted octanol–water partition coefficient (Wildman–Crippen LogP) is 0.790. The lowest BCUT2D eigenvalue weighted by Crippen LogP contribution is -2.35. The van der Waals surface area contributed by atoms with E-state index in [0.717, 1.165) is 17.0 Å². The van der Waals surface area contributed by atoms with E-state index in [2.05, 4.69) is 20.6 Å². The Morgan fingerprint density at radius 3 is 2.61 bits per heavy atom. The smallest absolute Gasteiger partial charge is 0.240 e. The molecule has 0 spiro atoms. The Kier molecular flexibility index (Phi) is 3.93. The van der Waals surface area contributed by atoms with Crippen molar-refractivity contribution in [3.63, 3.8) is 0 Å². The minimum Gasteiger partial charge on any atom is -0.338 e. The van der Waals surface area contributed by atoms with Crippen LogP contribution in [0, 0.1) is 20.8 Å². The van der Waals surface area contributed by atoms with Crippen molar-refractivity contribution in [2.75, 3.05) is 7.05 Å². The summed E-state index contributed by atoms with van der Waals surface area (Å²) < 4.78 is 6.99. The van der Waals surface area contributed by atoms with Gasteiger partial charge < -0.3 is 14.7 Å². The first-order valence-electron chi connectivity index (χ1n) is 7.66. The predicted molar refractivity (Wildman–Crippen MR) is 82.5 cm³/mol. The van der Waals surface area contributed by atoms with E-state index in [4.69, 9.17) is 4.52 Å². The molecule has 1 aliphatic heterocycles. The number of likely N-dealkylation sites (N-methyl/N-ethyl adjacent to an activating group) is 1. The molecular formula is C15H22N6O2. The first-order chi connectivity index (χ1) is 10.9. The third-order valence-corrected chi connectivity index (χ3v) is 4.53. The van der Waals surface area contributed by atoms with Gasteiger partial charge >= 0.3 is 0 Å². The zero-order valence-electron chi connectivity index (χ0n) is 14.1. The lowest BCUT2D eigenvalue weighted by Gasteiger charge is -2.26. The number of carbonyl (C=O) groups is 1. The van der Waals surface area contributed by atoms with Crippen LogP contribution in [0.1, 0.15) is 41.1 Å². The van der Waals surface area contributed by atoms with E-state index < -0.39 is 0 Å². The Bertz CT molecular complexity index is 734. The van der Waals surface area contributed by atoms with Crippen LogP contribution in [-0.4, -0.2) is 43.8 Å². The third kappa shape index (κ3) is 2.74. The van der Waals surface area contributed by atoms with Crippen LogP contribution in [0.2, 0.25) is 0 Å². The number of nitrogens with one attached hydrogen (secondary N) is 1. The summed E-state index contributed by atoms with van der Waals surface area (Å²) in [6.07, 6.45) is 0.446. The van der Waals surface area contributed by atoms with Crippen LogP contribution in [-0.2, 0) is 18.4 Å². The molecule has 124 valence electrons. The van der Waals surface area contributed by atoms with Crippen molar-refractivity contribution in [2.24, 2.45) is 7.05 Å². The van der Waals surface area contributed by atoms with Crippen molar-refractivity contribution >= 4 is 5.91 Å². The third-order valence-electron chi connectivity index (χ3n) is 4.53. The van der Waals surface area contributed by atoms with Gasteiger partial charge in [0.15, 0.2) is 5.82 Å². The summed E-state index contributed by atoms with van der Waals surface area (Å²) in [7, 11) is 3.77. The van der Waals surface area contributed by atoms with Crippen LogP contribution in [0.3, 0.4) is 0 Å². The fourth-order valence-corrected chi connectivity index (χ4v) is 3.30. The molecule has 1 aliphatic rings. The highest BCUT2D eigenvalue weighted by atomic mass is 16.5. The summed E-state index contributed by atoms with van der Waals surface area (Å²) in [6.45, 7) is 6.24. The summed E-state index contributed by atoms with van der Waals surface area (Å²) in [5.41, 5.74) is 3.14. The number of hydrogen-bond donors (Lipinski definition) is 1. The molecule has 0 bridgehead atoms. The Labute approximate surface area is 134 Å². The van der Waals surface area contributed by atoms with E-state index in [1.807, 2.05) is 32.6 Å². The molecular weight excluding hydrogens is 296 g/mol. The fraction of sp³-hybridized carbons (Fsp3) is 0.600. The number of amides is 1. The molecule has 0 aromatic carbocycles. The first kappa shape index (κ1) is 15.7. The average molecular weight is 318 g/mol. The highest BCUT2D eigenvalue weighted by Crippen LogP contribution is 2.35. The topological polar surface area (TPSA) is 89.1 Å². The second kappa shape index (κ2) is 5.77. The largest absolute Gasteiger partial charge is 0.338 e. The van der Waals surface area contributed by atoms with E-state index in [0.29, 0.717) is 24.7 Å². The molecule has 0 unspecified atom stereocenters. The minimum atomic E-state index is -0.0415. The van der Waals surface area contributed by atoms with Gasteiger partial charge in [0.1, 0.15) is 0 Å². The van der Waals surface area contributed by atoms with Crippen molar-refractivity contribution in [1.29, 1.82) is 0 Å². The van der Waals surface area contributed by atoms with Crippen LogP contribution in [0.5, 0.6) is 0 Å². The van der Waals surface area contributed by atoms with Crippen molar-refractivity contribution in [2.45, 2.75) is 45.8 Å². The van der Waals surface area contributed by atoms with E-state index >= 15 is 0 Å². The standard InChI is InChI=1S/C15H22N6O2/c1-8-14(9(2)21(5)18-8)15-11(6-13(22)20(15)4)16-7-12-17-10(3)19-23-12/h11,15-16H,6-7H2,1-5H3/t11-,15-/m1/s1. The molecule has 0 aliphatic carbocycles. The van der Waals surface area contributed by atoms with Crippen molar-refractivity contribution in [1.82, 2.24) is 30.1 Å². The lowest BCUT2D eigenvalue weighted by molar-refractivity contribution is -0.127. The molecule has 1 amide bonds. The Morgan fingerprint density at radius 1 is 1.30 bits per heavy atom. The molecule has 2 aromatic heterocycles. The quantitative estimate of drug-likeness (QED) is 0.896. The number of rotatable bonds is 4. The summed E-state index contributed by atoms with van der Waals surface area (Å²) in [4.78, 5) is 18.2. The Morgan fingerprint density at radius 2 is 2.04 bits per heavy atom. The van der Waals surface area contributed by atoms with Crippen LogP contribution in [0.15, 0.2) is 4.52 Å². The summed E-state index contributed by atoms with van der Waals surface area (Å²) in [6, 6.07) is -0.0541. The highest BCUT2D eigenvalue weighted by Gasteiger charge is 2.40. The second-order valence-electron chi connectivity index (χ2n) is 6.08. The van der Waals surface area contributed by atoms with Crippen LogP contribution in [0.4, 0.5) is 0 Å². The fourth-order valence-electron chi connectivity index (χ4n) is 3.30.